The van der Waals surface area contributed by atoms with Crippen LogP contribution >= 0.6 is 11.5 Å². The first-order valence-electron chi connectivity index (χ1n) is 5.40. The molecule has 0 bridgehead atoms. The molecule has 2 heterocycles. The fourth-order valence-electron chi connectivity index (χ4n) is 1.57. The van der Waals surface area contributed by atoms with Crippen LogP contribution in [0.2, 0.25) is 0 Å². The number of hydrogen-bond donors (Lipinski definition) is 1. The number of nitrogens with one attached hydrogen (secondary N) is 1. The Bertz CT molecular complexity index is 568. The average molecular weight is 237 g/mol. The number of aromatic amines is 1. The highest BCUT2D eigenvalue weighted by Gasteiger charge is 2.16. The minimum atomic E-state index is -0.0637. The third-order valence-electron chi connectivity index (χ3n) is 2.48. The van der Waals surface area contributed by atoms with Crippen LogP contribution in [0.3, 0.4) is 0 Å². The van der Waals surface area contributed by atoms with E-state index in [4.69, 9.17) is 0 Å². The number of hydrogen-bond acceptors (Lipinski definition) is 4. The van der Waals surface area contributed by atoms with Crippen LogP contribution in [-0.4, -0.2) is 14.3 Å². The van der Waals surface area contributed by atoms with E-state index in [1.54, 1.807) is 0 Å². The molecule has 0 saturated heterocycles. The second-order valence-electron chi connectivity index (χ2n) is 4.51. The number of rotatable bonds is 2. The Morgan fingerprint density at radius 3 is 2.44 bits per heavy atom. The van der Waals surface area contributed by atoms with Crippen molar-refractivity contribution in [3.63, 3.8) is 0 Å². The van der Waals surface area contributed by atoms with Crippen molar-refractivity contribution in [2.45, 2.75) is 39.5 Å². The first-order valence-corrected chi connectivity index (χ1v) is 6.17. The number of H-pyrrole nitrogens is 1. The fourth-order valence-corrected chi connectivity index (χ4v) is 2.48. The maximum Gasteiger partial charge on any atom is 0.261 e. The van der Waals surface area contributed by atoms with Gasteiger partial charge in [0.05, 0.1) is 5.69 Å². The molecule has 0 saturated carbocycles. The molecule has 0 aliphatic carbocycles. The molecule has 1 N–H and O–H groups in total. The van der Waals surface area contributed by atoms with Crippen LogP contribution in [0.4, 0.5) is 0 Å². The topological polar surface area (TPSA) is 58.6 Å². The Kier molecular flexibility index (Phi) is 2.80. The summed E-state index contributed by atoms with van der Waals surface area (Å²) in [5.41, 5.74) is 0.787. The van der Waals surface area contributed by atoms with Crippen LogP contribution in [0.1, 0.15) is 51.0 Å². The van der Waals surface area contributed by atoms with Crippen molar-refractivity contribution < 1.29 is 0 Å². The van der Waals surface area contributed by atoms with E-state index in [0.717, 1.165) is 16.3 Å². The van der Waals surface area contributed by atoms with Gasteiger partial charge in [0, 0.05) is 5.92 Å². The van der Waals surface area contributed by atoms with E-state index in [1.807, 2.05) is 27.7 Å². The van der Waals surface area contributed by atoms with Crippen molar-refractivity contribution in [3.05, 3.63) is 21.9 Å². The predicted octanol–water partition coefficient (Wildman–Crippen LogP) is 2.63. The second-order valence-corrected chi connectivity index (χ2v) is 5.26. The monoisotopic (exact) mass is 237 g/mol. The molecule has 2 aromatic rings. The van der Waals surface area contributed by atoms with E-state index in [-0.39, 0.29) is 17.4 Å². The highest BCUT2D eigenvalue weighted by atomic mass is 32.1. The molecule has 4 nitrogen and oxygen atoms in total. The Labute approximate surface area is 97.9 Å². The van der Waals surface area contributed by atoms with Gasteiger partial charge in [-0.1, -0.05) is 27.7 Å². The smallest absolute Gasteiger partial charge is 0.261 e. The molecule has 0 aliphatic rings. The summed E-state index contributed by atoms with van der Waals surface area (Å²) in [6.45, 7) is 8.08. The largest absolute Gasteiger partial charge is 0.310 e. The molecule has 0 aliphatic heterocycles. The summed E-state index contributed by atoms with van der Waals surface area (Å²) in [7, 11) is 0. The average Bonchev–Trinajstić information content (AvgIpc) is 2.61. The van der Waals surface area contributed by atoms with Crippen molar-refractivity contribution in [2.24, 2.45) is 0 Å². The first-order chi connectivity index (χ1) is 7.50. The predicted molar refractivity (Wildman–Crippen MR) is 66.2 cm³/mol. The lowest BCUT2D eigenvalue weighted by Gasteiger charge is -2.04. The standard InChI is InChI=1S/C11H15N3OS/c1-5(2)8-7-10(15)12-9(6(3)4)13-11(7)16-14-8/h5-6H,1-4H3,(H,12,13,15). The maximum absolute atomic E-state index is 12.0. The molecule has 2 rings (SSSR count). The molecule has 0 aromatic carbocycles. The maximum atomic E-state index is 12.0. The van der Waals surface area contributed by atoms with Gasteiger partial charge in [0.2, 0.25) is 0 Å². The van der Waals surface area contributed by atoms with Crippen LogP contribution < -0.4 is 5.56 Å². The van der Waals surface area contributed by atoms with Gasteiger partial charge in [-0.25, -0.2) is 4.98 Å². The zero-order chi connectivity index (χ0) is 11.9. The van der Waals surface area contributed by atoms with Crippen LogP contribution in [0.15, 0.2) is 4.79 Å². The molecule has 0 fully saturated rings. The minimum absolute atomic E-state index is 0.0637. The Morgan fingerprint density at radius 2 is 1.88 bits per heavy atom. The number of aromatic nitrogens is 3. The highest BCUT2D eigenvalue weighted by molar-refractivity contribution is 7.12. The first kappa shape index (κ1) is 11.3. The molecule has 0 unspecified atom stereocenters. The van der Waals surface area contributed by atoms with Crippen molar-refractivity contribution >= 4 is 21.7 Å². The van der Waals surface area contributed by atoms with Gasteiger partial charge in [-0.2, -0.15) is 4.37 Å². The summed E-state index contributed by atoms with van der Waals surface area (Å²) in [6, 6.07) is 0. The third-order valence-corrected chi connectivity index (χ3v) is 3.24. The van der Waals surface area contributed by atoms with Gasteiger partial charge < -0.3 is 4.98 Å². The van der Waals surface area contributed by atoms with E-state index >= 15 is 0 Å². The summed E-state index contributed by atoms with van der Waals surface area (Å²) in [5, 5.41) is 0.657. The van der Waals surface area contributed by atoms with Crippen molar-refractivity contribution in [1.29, 1.82) is 0 Å². The Balaban J connectivity index is 2.74. The van der Waals surface area contributed by atoms with E-state index in [1.165, 1.54) is 11.5 Å². The van der Waals surface area contributed by atoms with Crippen molar-refractivity contribution in [3.8, 4) is 0 Å². The van der Waals surface area contributed by atoms with E-state index < -0.39 is 0 Å². The fraction of sp³-hybridized carbons (Fsp3) is 0.545. The normalized spacial score (nSPS) is 11.9. The van der Waals surface area contributed by atoms with Crippen molar-refractivity contribution in [2.75, 3.05) is 0 Å². The second kappa shape index (κ2) is 3.97. The van der Waals surface area contributed by atoms with E-state index in [9.17, 15) is 4.79 Å². The van der Waals surface area contributed by atoms with Gasteiger partial charge in [-0.3, -0.25) is 4.79 Å². The number of nitrogens with zero attached hydrogens (tertiary/aromatic N) is 2. The van der Waals surface area contributed by atoms with E-state index in [2.05, 4.69) is 14.3 Å². The Hall–Kier alpha value is -1.23. The summed E-state index contributed by atoms with van der Waals surface area (Å²) in [4.78, 5) is 20.0. The van der Waals surface area contributed by atoms with Gasteiger partial charge in [-0.15, -0.1) is 0 Å². The van der Waals surface area contributed by atoms with Gasteiger partial charge in [0.25, 0.3) is 5.56 Å². The summed E-state index contributed by atoms with van der Waals surface area (Å²) < 4.78 is 4.32. The number of fused-ring (bicyclic) bond motifs is 1. The molecular formula is C11H15N3OS. The lowest BCUT2D eigenvalue weighted by atomic mass is 10.1. The molecule has 0 amide bonds. The molecule has 0 atom stereocenters. The van der Waals surface area contributed by atoms with Crippen molar-refractivity contribution in [1.82, 2.24) is 14.3 Å². The summed E-state index contributed by atoms with van der Waals surface area (Å²) in [5.74, 6) is 1.21. The van der Waals surface area contributed by atoms with Crippen LogP contribution in [-0.2, 0) is 0 Å². The van der Waals surface area contributed by atoms with Crippen LogP contribution in [0.25, 0.3) is 10.2 Å². The molecule has 2 aromatic heterocycles. The Morgan fingerprint density at radius 1 is 1.19 bits per heavy atom. The molecular weight excluding hydrogens is 222 g/mol. The van der Waals surface area contributed by atoms with Gasteiger partial charge >= 0.3 is 0 Å². The SMILES string of the molecule is CC(C)c1nc2snc(C(C)C)c2c(=O)[nH]1. The summed E-state index contributed by atoms with van der Waals surface area (Å²) >= 11 is 1.31. The van der Waals surface area contributed by atoms with Gasteiger partial charge in [-0.05, 0) is 17.5 Å². The molecule has 0 radical (unpaired) electrons. The zero-order valence-electron chi connectivity index (χ0n) is 9.87. The third kappa shape index (κ3) is 1.75. The zero-order valence-corrected chi connectivity index (χ0v) is 10.7. The van der Waals surface area contributed by atoms with Gasteiger partial charge in [0.1, 0.15) is 11.2 Å². The van der Waals surface area contributed by atoms with Crippen LogP contribution in [0.5, 0.6) is 0 Å². The molecule has 86 valence electrons. The molecule has 16 heavy (non-hydrogen) atoms. The van der Waals surface area contributed by atoms with E-state index in [0.29, 0.717) is 5.39 Å². The molecule has 0 spiro atoms. The lowest BCUT2D eigenvalue weighted by molar-refractivity contribution is 0.776. The van der Waals surface area contributed by atoms with Crippen LogP contribution in [0, 0.1) is 0 Å². The summed E-state index contributed by atoms with van der Waals surface area (Å²) in [6.07, 6.45) is 0. The highest BCUT2D eigenvalue weighted by Crippen LogP contribution is 2.24. The minimum Gasteiger partial charge on any atom is -0.310 e. The lowest BCUT2D eigenvalue weighted by Crippen LogP contribution is -2.13. The molecule has 5 heteroatoms. The van der Waals surface area contributed by atoms with Gasteiger partial charge in [0.15, 0.2) is 4.83 Å². The quantitative estimate of drug-likeness (QED) is 0.873.